The van der Waals surface area contributed by atoms with Crippen molar-refractivity contribution in [2.24, 2.45) is 5.41 Å². The van der Waals surface area contributed by atoms with Gasteiger partial charge in [0.2, 0.25) is 5.91 Å². The summed E-state index contributed by atoms with van der Waals surface area (Å²) >= 11 is 0. The summed E-state index contributed by atoms with van der Waals surface area (Å²) in [5.41, 5.74) is 2.69. The molecule has 1 aliphatic rings. The van der Waals surface area contributed by atoms with E-state index in [1.807, 2.05) is 51.1 Å². The van der Waals surface area contributed by atoms with Gasteiger partial charge in [0.05, 0.1) is 11.1 Å². The molecule has 0 bridgehead atoms. The monoisotopic (exact) mass is 409 g/mol. The van der Waals surface area contributed by atoms with Crippen LogP contribution in [0.2, 0.25) is 0 Å². The molecule has 6 nitrogen and oxygen atoms in total. The Kier molecular flexibility index (Phi) is 5.79. The van der Waals surface area contributed by atoms with Gasteiger partial charge in [-0.15, -0.1) is 0 Å². The maximum Gasteiger partial charge on any atom is 0.323 e. The molecule has 1 aliphatic heterocycles. The topological polar surface area (TPSA) is 70.7 Å². The number of nitrogens with zero attached hydrogens (tertiary/aromatic N) is 1. The van der Waals surface area contributed by atoms with E-state index in [9.17, 15) is 9.59 Å². The second-order valence-electron chi connectivity index (χ2n) is 9.31. The zero-order valence-electron chi connectivity index (χ0n) is 18.6. The summed E-state index contributed by atoms with van der Waals surface area (Å²) in [4.78, 5) is 27.0. The Morgan fingerprint density at radius 1 is 1.07 bits per heavy atom. The molecular formula is C24H31N3O3. The molecule has 30 heavy (non-hydrogen) atoms. The molecule has 3 amide bonds. The summed E-state index contributed by atoms with van der Waals surface area (Å²) in [5, 5.41) is 5.68. The van der Waals surface area contributed by atoms with E-state index in [4.69, 9.17) is 4.74 Å². The Labute approximate surface area is 178 Å². The van der Waals surface area contributed by atoms with Crippen molar-refractivity contribution in [3.8, 4) is 5.75 Å². The summed E-state index contributed by atoms with van der Waals surface area (Å²) in [7, 11) is 0. The number of anilines is 3. The minimum atomic E-state index is -0.612. The molecule has 0 spiro atoms. The van der Waals surface area contributed by atoms with E-state index in [0.717, 1.165) is 11.4 Å². The van der Waals surface area contributed by atoms with Gasteiger partial charge < -0.3 is 20.3 Å². The lowest BCUT2D eigenvalue weighted by molar-refractivity contribution is -0.127. The van der Waals surface area contributed by atoms with Crippen LogP contribution in [0.1, 0.15) is 47.1 Å². The first-order chi connectivity index (χ1) is 14.0. The summed E-state index contributed by atoms with van der Waals surface area (Å²) in [5.74, 6) is 0.615. The van der Waals surface area contributed by atoms with Gasteiger partial charge in [0.25, 0.3) is 0 Å². The van der Waals surface area contributed by atoms with Gasteiger partial charge in [-0.1, -0.05) is 32.9 Å². The number of hydrogen-bond donors (Lipinski definition) is 2. The minimum absolute atomic E-state index is 0.0286. The fraction of sp³-hybridized carbons (Fsp3) is 0.417. The van der Waals surface area contributed by atoms with E-state index < -0.39 is 5.41 Å². The van der Waals surface area contributed by atoms with Crippen LogP contribution >= 0.6 is 0 Å². The van der Waals surface area contributed by atoms with Crippen molar-refractivity contribution >= 4 is 29.0 Å². The van der Waals surface area contributed by atoms with Crippen LogP contribution < -0.4 is 20.3 Å². The van der Waals surface area contributed by atoms with Gasteiger partial charge >= 0.3 is 6.03 Å². The highest BCUT2D eigenvalue weighted by Gasteiger charge is 2.37. The molecule has 2 aromatic rings. The summed E-state index contributed by atoms with van der Waals surface area (Å²) in [6.07, 6.45) is 0. The average molecular weight is 410 g/mol. The van der Waals surface area contributed by atoms with Crippen molar-refractivity contribution in [2.45, 2.75) is 47.0 Å². The molecular weight excluding hydrogens is 378 g/mol. The fourth-order valence-corrected chi connectivity index (χ4v) is 3.39. The number of nitrogens with one attached hydrogen (secondary N) is 2. The predicted molar refractivity (Wildman–Crippen MR) is 122 cm³/mol. The molecule has 160 valence electrons. The van der Waals surface area contributed by atoms with Gasteiger partial charge in [0.1, 0.15) is 12.4 Å². The number of benzene rings is 2. The Morgan fingerprint density at radius 3 is 2.27 bits per heavy atom. The van der Waals surface area contributed by atoms with E-state index in [-0.39, 0.29) is 24.0 Å². The number of carbonyl (C=O) groups excluding carboxylic acids is 2. The van der Waals surface area contributed by atoms with Crippen molar-refractivity contribution in [1.29, 1.82) is 0 Å². The molecule has 0 radical (unpaired) electrons. The van der Waals surface area contributed by atoms with E-state index in [1.165, 1.54) is 5.56 Å². The normalized spacial score (nSPS) is 15.7. The molecule has 0 atom stereocenters. The van der Waals surface area contributed by atoms with E-state index >= 15 is 0 Å². The largest absolute Gasteiger partial charge is 0.490 e. The van der Waals surface area contributed by atoms with Crippen LogP contribution in [0.4, 0.5) is 21.9 Å². The third-order valence-corrected chi connectivity index (χ3v) is 5.25. The Morgan fingerprint density at radius 2 is 1.67 bits per heavy atom. The zero-order chi connectivity index (χ0) is 22.1. The number of fused-ring (bicyclic) bond motifs is 1. The van der Waals surface area contributed by atoms with Crippen LogP contribution in [0.15, 0.2) is 42.5 Å². The summed E-state index contributed by atoms with van der Waals surface area (Å²) in [6, 6.07) is 12.8. The molecule has 1 heterocycles. The lowest BCUT2D eigenvalue weighted by Crippen LogP contribution is -2.42. The molecule has 2 N–H and O–H groups in total. The van der Waals surface area contributed by atoms with Crippen LogP contribution in [-0.2, 0) is 10.2 Å². The molecule has 0 unspecified atom stereocenters. The SMILES string of the molecule is CCN1C(=O)C(C)(C)COc2cc(NC(=O)Nc3ccc(C(C)(C)C)cc3)ccc21. The predicted octanol–water partition coefficient (Wildman–Crippen LogP) is 5.40. The Hall–Kier alpha value is -3.02. The molecule has 0 saturated carbocycles. The molecule has 0 aliphatic carbocycles. The van der Waals surface area contributed by atoms with Crippen molar-refractivity contribution < 1.29 is 14.3 Å². The van der Waals surface area contributed by atoms with Crippen molar-refractivity contribution in [1.82, 2.24) is 0 Å². The average Bonchev–Trinajstić information content (AvgIpc) is 2.76. The standard InChI is InChI=1S/C24H31N3O3/c1-7-27-19-13-12-18(14-20(19)30-15-24(5,6)21(27)28)26-22(29)25-17-10-8-16(9-11-17)23(2,3)4/h8-14H,7,15H2,1-6H3,(H2,25,26,29). The minimum Gasteiger partial charge on any atom is -0.490 e. The summed E-state index contributed by atoms with van der Waals surface area (Å²) in [6.45, 7) is 13.0. The second kappa shape index (κ2) is 8.01. The molecule has 0 saturated heterocycles. The van der Waals surface area contributed by atoms with Crippen molar-refractivity contribution in [3.63, 3.8) is 0 Å². The molecule has 0 aromatic heterocycles. The first-order valence-electron chi connectivity index (χ1n) is 10.3. The van der Waals surface area contributed by atoms with Gasteiger partial charge in [0.15, 0.2) is 0 Å². The Bertz CT molecular complexity index is 943. The lowest BCUT2D eigenvalue weighted by atomic mass is 9.87. The molecule has 6 heteroatoms. The van der Waals surface area contributed by atoms with Crippen LogP contribution in [0, 0.1) is 5.41 Å². The van der Waals surface area contributed by atoms with E-state index in [0.29, 0.717) is 18.0 Å². The third kappa shape index (κ3) is 4.58. The van der Waals surface area contributed by atoms with Gasteiger partial charge in [-0.3, -0.25) is 4.79 Å². The first-order valence-corrected chi connectivity index (χ1v) is 10.3. The number of rotatable bonds is 3. The maximum absolute atomic E-state index is 12.8. The van der Waals surface area contributed by atoms with Crippen LogP contribution in [0.3, 0.4) is 0 Å². The third-order valence-electron chi connectivity index (χ3n) is 5.25. The quantitative estimate of drug-likeness (QED) is 0.713. The number of carbonyl (C=O) groups is 2. The van der Waals surface area contributed by atoms with Crippen LogP contribution in [0.25, 0.3) is 0 Å². The Balaban J connectivity index is 1.73. The number of urea groups is 1. The van der Waals surface area contributed by atoms with Gasteiger partial charge in [-0.05, 0) is 56.0 Å². The van der Waals surface area contributed by atoms with Gasteiger partial charge in [-0.2, -0.15) is 0 Å². The fourth-order valence-electron chi connectivity index (χ4n) is 3.39. The highest BCUT2D eigenvalue weighted by Crippen LogP contribution is 2.38. The second-order valence-corrected chi connectivity index (χ2v) is 9.31. The molecule has 2 aromatic carbocycles. The highest BCUT2D eigenvalue weighted by atomic mass is 16.5. The van der Waals surface area contributed by atoms with Crippen LogP contribution in [-0.4, -0.2) is 25.1 Å². The van der Waals surface area contributed by atoms with Crippen molar-refractivity contribution in [3.05, 3.63) is 48.0 Å². The zero-order valence-corrected chi connectivity index (χ0v) is 18.6. The maximum atomic E-state index is 12.8. The smallest absolute Gasteiger partial charge is 0.323 e. The number of ether oxygens (including phenoxy) is 1. The summed E-state index contributed by atoms with van der Waals surface area (Å²) < 4.78 is 5.92. The number of amides is 3. The lowest BCUT2D eigenvalue weighted by Gasteiger charge is -2.26. The van der Waals surface area contributed by atoms with Gasteiger partial charge in [0, 0.05) is 24.0 Å². The molecule has 0 fully saturated rings. The van der Waals surface area contributed by atoms with E-state index in [2.05, 4.69) is 31.4 Å². The van der Waals surface area contributed by atoms with Gasteiger partial charge in [-0.25, -0.2) is 4.79 Å². The van der Waals surface area contributed by atoms with Crippen molar-refractivity contribution in [2.75, 3.05) is 28.7 Å². The highest BCUT2D eigenvalue weighted by molar-refractivity contribution is 6.02. The molecule has 3 rings (SSSR count). The number of hydrogen-bond acceptors (Lipinski definition) is 3. The van der Waals surface area contributed by atoms with E-state index in [1.54, 1.807) is 17.0 Å². The van der Waals surface area contributed by atoms with Crippen LogP contribution in [0.5, 0.6) is 5.75 Å². The first kappa shape index (κ1) is 21.7.